The molecule has 0 aromatic carbocycles. The van der Waals surface area contributed by atoms with Crippen molar-refractivity contribution in [3.05, 3.63) is 42.2 Å². The van der Waals surface area contributed by atoms with Crippen LogP contribution in [0.4, 0.5) is 0 Å². The van der Waals surface area contributed by atoms with Gasteiger partial charge in [0.25, 0.3) is 0 Å². The van der Waals surface area contributed by atoms with Crippen molar-refractivity contribution in [1.29, 1.82) is 0 Å². The summed E-state index contributed by atoms with van der Waals surface area (Å²) in [5.74, 6) is -3.67. The Morgan fingerprint density at radius 3 is 2.28 bits per heavy atom. The van der Waals surface area contributed by atoms with Crippen molar-refractivity contribution in [2.24, 2.45) is 29.6 Å². The van der Waals surface area contributed by atoms with Crippen molar-refractivity contribution in [2.45, 2.75) is 180 Å². The van der Waals surface area contributed by atoms with Crippen molar-refractivity contribution < 1.29 is 57.7 Å². The fourth-order valence-corrected chi connectivity index (χ4v) is 11.1. The maximum atomic E-state index is 14.9. The number of esters is 1. The summed E-state index contributed by atoms with van der Waals surface area (Å²) in [4.78, 5) is 38.3. The van der Waals surface area contributed by atoms with E-state index in [1.165, 1.54) is 0 Å². The minimum absolute atomic E-state index is 0.00646. The number of ketones is 1. The molecular weight excluding hydrogens is 823 g/mol. The van der Waals surface area contributed by atoms with Crippen molar-refractivity contribution in [3.8, 4) is 0 Å². The van der Waals surface area contributed by atoms with Gasteiger partial charge in [0, 0.05) is 62.5 Å². The van der Waals surface area contributed by atoms with Crippen LogP contribution in [0, 0.1) is 29.6 Å². The monoisotopic (exact) mass is 904 g/mol. The molecule has 2 unspecified atom stereocenters. The highest BCUT2D eigenvalue weighted by Crippen LogP contribution is 2.47. The quantitative estimate of drug-likeness (QED) is 0.196. The van der Waals surface area contributed by atoms with E-state index in [2.05, 4.69) is 16.5 Å². The van der Waals surface area contributed by atoms with E-state index in [1.54, 1.807) is 27.2 Å². The van der Waals surface area contributed by atoms with Gasteiger partial charge in [-0.1, -0.05) is 40.3 Å². The zero-order valence-corrected chi connectivity index (χ0v) is 41.2. The fraction of sp³-hybridized carbons (Fsp3) is 0.816. The number of nitrogens with zero attached hydrogens (tertiary/aromatic N) is 3. The standard InChI is InChI=1S/C49H81N3O12/c1-16-37-49(11)39(29(3)27-59-49)31(5)40(53)28(2)24-48(10,58-22-21-52(14)26-35-19-17-18-20-50-35)44(64-46-41(54)36(51(12)13)23-30(4)60-46)32(6)42(33(7)45(56)62-37)63-38-25-47(9,57-15)43(55)34(8)61-38/h17-20,28,30-34,36-39,41-44,46,54-55H,3,16,21-27H2,1-2,4-15H3/t28-,30-,31?,32+,33-,34+,36+,37-,38?,39+,41-,42+,43+,44-,46+,47-,48-,49-/m1/s1. The smallest absolute Gasteiger partial charge is 0.311 e. The van der Waals surface area contributed by atoms with Gasteiger partial charge in [0.1, 0.15) is 29.7 Å². The molecule has 2 N–H and O–H groups in total. The van der Waals surface area contributed by atoms with E-state index in [-0.39, 0.29) is 44.0 Å². The van der Waals surface area contributed by atoms with E-state index in [9.17, 15) is 19.8 Å². The number of hydrogen-bond donors (Lipinski definition) is 2. The Balaban J connectivity index is 1.65. The van der Waals surface area contributed by atoms with Gasteiger partial charge >= 0.3 is 5.97 Å². The van der Waals surface area contributed by atoms with Crippen LogP contribution in [0.1, 0.15) is 101 Å². The molecule has 0 amide bonds. The molecule has 5 heterocycles. The molecule has 0 spiro atoms. The summed E-state index contributed by atoms with van der Waals surface area (Å²) in [5, 5.41) is 23.1. The number of carbonyl (C=O) groups is 2. The largest absolute Gasteiger partial charge is 0.459 e. The number of hydrogen-bond acceptors (Lipinski definition) is 15. The van der Waals surface area contributed by atoms with Gasteiger partial charge in [-0.05, 0) is 99.7 Å². The van der Waals surface area contributed by atoms with Crippen LogP contribution in [0.25, 0.3) is 0 Å². The molecule has 18 atom stereocenters. The lowest BCUT2D eigenvalue weighted by Gasteiger charge is -2.50. The number of rotatable bonds is 13. The predicted molar refractivity (Wildman–Crippen MR) is 241 cm³/mol. The maximum Gasteiger partial charge on any atom is 0.311 e. The van der Waals surface area contributed by atoms with Gasteiger partial charge in [-0.15, -0.1) is 0 Å². The molecule has 1 aromatic rings. The Morgan fingerprint density at radius 1 is 0.953 bits per heavy atom. The fourth-order valence-electron chi connectivity index (χ4n) is 11.1. The third-order valence-corrected chi connectivity index (χ3v) is 14.9. The Labute approximate surface area is 382 Å². The molecule has 4 aliphatic rings. The van der Waals surface area contributed by atoms with E-state index >= 15 is 0 Å². The van der Waals surface area contributed by atoms with Crippen LogP contribution in [-0.2, 0) is 54.0 Å². The molecular formula is C49H81N3O12. The number of aliphatic hydroxyl groups excluding tert-OH is 2. The summed E-state index contributed by atoms with van der Waals surface area (Å²) in [6.07, 6.45) is -4.42. The van der Waals surface area contributed by atoms with Crippen molar-refractivity contribution in [3.63, 3.8) is 0 Å². The van der Waals surface area contributed by atoms with Gasteiger partial charge in [0.15, 0.2) is 12.6 Å². The second-order valence-corrected chi connectivity index (χ2v) is 20.3. The number of carbonyl (C=O) groups excluding carboxylic acids is 2. The number of aliphatic hydroxyl groups is 2. The van der Waals surface area contributed by atoms with Crippen molar-refractivity contribution in [2.75, 3.05) is 48.0 Å². The highest BCUT2D eigenvalue weighted by atomic mass is 16.7. The van der Waals surface area contributed by atoms with Crippen LogP contribution in [0.15, 0.2) is 36.5 Å². The summed E-state index contributed by atoms with van der Waals surface area (Å²) in [5.41, 5.74) is -1.61. The van der Waals surface area contributed by atoms with Gasteiger partial charge in [0.05, 0.1) is 60.4 Å². The third kappa shape index (κ3) is 11.5. The van der Waals surface area contributed by atoms with Gasteiger partial charge in [-0.3, -0.25) is 19.5 Å². The Bertz CT molecular complexity index is 1710. The lowest BCUT2D eigenvalue weighted by molar-refractivity contribution is -0.320. The Kier molecular flexibility index (Phi) is 17.8. The van der Waals surface area contributed by atoms with Crippen LogP contribution >= 0.6 is 0 Å². The molecule has 64 heavy (non-hydrogen) atoms. The minimum atomic E-state index is -1.25. The van der Waals surface area contributed by atoms with E-state index in [1.807, 2.05) is 99.6 Å². The molecule has 15 heteroatoms. The Morgan fingerprint density at radius 2 is 1.66 bits per heavy atom. The number of fused-ring (bicyclic) bond motifs is 1. The van der Waals surface area contributed by atoms with E-state index in [0.717, 1.165) is 11.3 Å². The van der Waals surface area contributed by atoms with Gasteiger partial charge in [0.2, 0.25) is 0 Å². The molecule has 4 fully saturated rings. The SMILES string of the molecule is C=C1CO[C@]2(C)[C@@H](CC)OC(=O)[C@H](C)[C@@H](OC3C[C@@](C)(OC)[C@@H](O)[C@H](C)O3)[C@H](C)[C@@H](O[C@@H]3O[C@H](C)C[C@H](N(C)C)[C@H]3O)[C@](C)(OCCN(C)Cc3ccccn3)C[C@@H](C)C(=O)C(C)[C@H]12. The van der Waals surface area contributed by atoms with E-state index in [4.69, 9.17) is 37.9 Å². The molecule has 1 aromatic heterocycles. The average Bonchev–Trinajstić information content (AvgIpc) is 3.56. The number of likely N-dealkylation sites (N-methyl/N-ethyl adjacent to an activating group) is 2. The second kappa shape index (κ2) is 21.7. The molecule has 0 aliphatic carbocycles. The zero-order valence-electron chi connectivity index (χ0n) is 41.2. The molecule has 4 saturated heterocycles. The first-order valence-electron chi connectivity index (χ1n) is 23.5. The molecule has 5 rings (SSSR count). The van der Waals surface area contributed by atoms with Crippen LogP contribution in [0.3, 0.4) is 0 Å². The lowest BCUT2D eigenvalue weighted by Crippen LogP contribution is -2.61. The summed E-state index contributed by atoms with van der Waals surface area (Å²) in [6.45, 7) is 24.8. The normalized spacial score (nSPS) is 43.0. The third-order valence-electron chi connectivity index (χ3n) is 14.9. The summed E-state index contributed by atoms with van der Waals surface area (Å²) < 4.78 is 52.9. The molecule has 364 valence electrons. The Hall–Kier alpha value is -2.41. The summed E-state index contributed by atoms with van der Waals surface area (Å²) in [7, 11) is 7.38. The predicted octanol–water partition coefficient (Wildman–Crippen LogP) is 5.19. The van der Waals surface area contributed by atoms with Crippen LogP contribution in [0.2, 0.25) is 0 Å². The second-order valence-electron chi connectivity index (χ2n) is 20.3. The minimum Gasteiger partial charge on any atom is -0.459 e. The number of cyclic esters (lactones) is 1. The van der Waals surface area contributed by atoms with E-state index < -0.39 is 102 Å². The average molecular weight is 904 g/mol. The zero-order chi connectivity index (χ0) is 47.5. The molecule has 15 nitrogen and oxygen atoms in total. The lowest BCUT2D eigenvalue weighted by atomic mass is 9.69. The number of aromatic nitrogens is 1. The highest BCUT2D eigenvalue weighted by Gasteiger charge is 2.57. The van der Waals surface area contributed by atoms with Crippen molar-refractivity contribution in [1.82, 2.24) is 14.8 Å². The van der Waals surface area contributed by atoms with Gasteiger partial charge in [-0.25, -0.2) is 0 Å². The van der Waals surface area contributed by atoms with Crippen LogP contribution in [-0.4, -0.2) is 163 Å². The number of methoxy groups -OCH3 is 1. The topological polar surface area (TPSA) is 168 Å². The number of ether oxygens (including phenoxy) is 8. The number of Topliss-reactive ketones (excluding diaryl/α,β-unsaturated/α-hetero) is 1. The van der Waals surface area contributed by atoms with Gasteiger partial charge in [-0.2, -0.15) is 0 Å². The summed E-state index contributed by atoms with van der Waals surface area (Å²) >= 11 is 0. The van der Waals surface area contributed by atoms with Crippen LogP contribution in [0.5, 0.6) is 0 Å². The van der Waals surface area contributed by atoms with Crippen LogP contribution < -0.4 is 0 Å². The maximum absolute atomic E-state index is 14.9. The molecule has 0 bridgehead atoms. The summed E-state index contributed by atoms with van der Waals surface area (Å²) in [6, 6.07) is 5.54. The number of pyridine rings is 1. The highest BCUT2D eigenvalue weighted by molar-refractivity contribution is 5.84. The van der Waals surface area contributed by atoms with E-state index in [0.29, 0.717) is 25.9 Å². The first-order chi connectivity index (χ1) is 30.0. The van der Waals surface area contributed by atoms with Crippen molar-refractivity contribution >= 4 is 11.8 Å². The first kappa shape index (κ1) is 52.6. The van der Waals surface area contributed by atoms with Gasteiger partial charge < -0.3 is 53.0 Å². The first-order valence-corrected chi connectivity index (χ1v) is 23.5. The molecule has 0 radical (unpaired) electrons. The molecule has 4 aliphatic heterocycles. The molecule has 0 saturated carbocycles.